The SMILES string of the molecule is N#Cc1ccc2sc3cccc(Br)c3c2c1. The van der Waals surface area contributed by atoms with E-state index < -0.39 is 0 Å². The van der Waals surface area contributed by atoms with Gasteiger partial charge in [-0.15, -0.1) is 11.3 Å². The maximum Gasteiger partial charge on any atom is 0.0991 e. The molecule has 0 amide bonds. The molecule has 0 aliphatic carbocycles. The second kappa shape index (κ2) is 3.58. The summed E-state index contributed by atoms with van der Waals surface area (Å²) in [6.07, 6.45) is 0. The molecule has 0 aliphatic rings. The number of hydrogen-bond acceptors (Lipinski definition) is 2. The van der Waals surface area contributed by atoms with Crippen molar-refractivity contribution in [1.29, 1.82) is 5.26 Å². The number of nitrogens with zero attached hydrogens (tertiary/aromatic N) is 1. The molecule has 0 radical (unpaired) electrons. The van der Waals surface area contributed by atoms with E-state index in [0.717, 1.165) is 9.86 Å². The Hall–Kier alpha value is -1.37. The van der Waals surface area contributed by atoms with Crippen molar-refractivity contribution < 1.29 is 0 Å². The van der Waals surface area contributed by atoms with Crippen LogP contribution in [-0.2, 0) is 0 Å². The Morgan fingerprint density at radius 1 is 1.12 bits per heavy atom. The lowest BCUT2D eigenvalue weighted by atomic mass is 10.1. The second-order valence-electron chi connectivity index (χ2n) is 3.54. The van der Waals surface area contributed by atoms with Crippen LogP contribution in [0.15, 0.2) is 40.9 Å². The standard InChI is InChI=1S/C13H6BrNS/c14-10-2-1-3-12-13(10)9-6-8(7-15)4-5-11(9)16-12/h1-6H. The van der Waals surface area contributed by atoms with Crippen LogP contribution in [-0.4, -0.2) is 0 Å². The molecule has 0 atom stereocenters. The van der Waals surface area contributed by atoms with E-state index in [-0.39, 0.29) is 0 Å². The molecule has 0 aliphatic heterocycles. The summed E-state index contributed by atoms with van der Waals surface area (Å²) in [5.41, 5.74) is 0.711. The summed E-state index contributed by atoms with van der Waals surface area (Å²) in [6.45, 7) is 0. The minimum absolute atomic E-state index is 0.711. The van der Waals surface area contributed by atoms with Gasteiger partial charge in [0.05, 0.1) is 11.6 Å². The van der Waals surface area contributed by atoms with E-state index in [0.29, 0.717) is 5.56 Å². The molecule has 0 fully saturated rings. The van der Waals surface area contributed by atoms with Crippen LogP contribution in [0.5, 0.6) is 0 Å². The third kappa shape index (κ3) is 1.35. The van der Waals surface area contributed by atoms with Crippen LogP contribution in [0.2, 0.25) is 0 Å². The molecule has 0 spiro atoms. The van der Waals surface area contributed by atoms with Crippen molar-refractivity contribution in [1.82, 2.24) is 0 Å². The highest BCUT2D eigenvalue weighted by Gasteiger charge is 2.08. The van der Waals surface area contributed by atoms with E-state index in [1.165, 1.54) is 14.8 Å². The zero-order chi connectivity index (χ0) is 11.1. The Morgan fingerprint density at radius 3 is 2.81 bits per heavy atom. The summed E-state index contributed by atoms with van der Waals surface area (Å²) in [5.74, 6) is 0. The number of hydrogen-bond donors (Lipinski definition) is 0. The van der Waals surface area contributed by atoms with Crippen LogP contribution in [0.4, 0.5) is 0 Å². The topological polar surface area (TPSA) is 23.8 Å². The van der Waals surface area contributed by atoms with Gasteiger partial charge in [0.15, 0.2) is 0 Å². The van der Waals surface area contributed by atoms with Gasteiger partial charge in [0.2, 0.25) is 0 Å². The molecule has 0 saturated carbocycles. The van der Waals surface area contributed by atoms with Crippen LogP contribution < -0.4 is 0 Å². The smallest absolute Gasteiger partial charge is 0.0991 e. The summed E-state index contributed by atoms with van der Waals surface area (Å²) in [6, 6.07) is 14.2. The summed E-state index contributed by atoms with van der Waals surface area (Å²) < 4.78 is 3.56. The van der Waals surface area contributed by atoms with Gasteiger partial charge in [-0.25, -0.2) is 0 Å². The van der Waals surface area contributed by atoms with Crippen LogP contribution in [0.1, 0.15) is 5.56 Å². The van der Waals surface area contributed by atoms with Crippen molar-refractivity contribution in [2.24, 2.45) is 0 Å². The zero-order valence-corrected chi connectivity index (χ0v) is 10.6. The number of halogens is 1. The van der Waals surface area contributed by atoms with E-state index in [9.17, 15) is 0 Å². The van der Waals surface area contributed by atoms with Gasteiger partial charge in [0.25, 0.3) is 0 Å². The molecule has 0 N–H and O–H groups in total. The lowest BCUT2D eigenvalue weighted by Gasteiger charge is -1.95. The first kappa shape index (κ1) is 9.83. The van der Waals surface area contributed by atoms with Gasteiger partial charge in [-0.3, -0.25) is 0 Å². The van der Waals surface area contributed by atoms with Gasteiger partial charge in [-0.05, 0) is 30.3 Å². The highest BCUT2D eigenvalue weighted by molar-refractivity contribution is 9.10. The molecule has 1 aromatic heterocycles. The molecule has 1 heterocycles. The summed E-state index contributed by atoms with van der Waals surface area (Å²) in [4.78, 5) is 0. The molecule has 1 nitrogen and oxygen atoms in total. The van der Waals surface area contributed by atoms with Crippen molar-refractivity contribution >= 4 is 47.4 Å². The van der Waals surface area contributed by atoms with Gasteiger partial charge in [-0.2, -0.15) is 5.26 Å². The average Bonchev–Trinajstić information content (AvgIpc) is 2.67. The predicted octanol–water partition coefficient (Wildman–Crippen LogP) is 4.69. The lowest BCUT2D eigenvalue weighted by Crippen LogP contribution is -1.73. The number of thiophene rings is 1. The Morgan fingerprint density at radius 2 is 2.00 bits per heavy atom. The first-order valence-corrected chi connectivity index (χ1v) is 6.41. The van der Waals surface area contributed by atoms with E-state index in [2.05, 4.69) is 28.1 Å². The Balaban J connectivity index is 2.56. The number of nitriles is 1. The molecule has 0 saturated heterocycles. The molecule has 2 aromatic carbocycles. The summed E-state index contributed by atoms with van der Waals surface area (Å²) in [7, 11) is 0. The molecular formula is C13H6BrNS. The van der Waals surface area contributed by atoms with Crippen LogP contribution in [0.25, 0.3) is 20.2 Å². The van der Waals surface area contributed by atoms with Gasteiger partial charge < -0.3 is 0 Å². The Kier molecular flexibility index (Phi) is 2.20. The highest BCUT2D eigenvalue weighted by Crippen LogP contribution is 2.38. The molecule has 76 valence electrons. The third-order valence-electron chi connectivity index (χ3n) is 2.57. The molecule has 16 heavy (non-hydrogen) atoms. The first-order chi connectivity index (χ1) is 7.79. The average molecular weight is 288 g/mol. The van der Waals surface area contributed by atoms with Gasteiger partial charge in [0.1, 0.15) is 0 Å². The van der Waals surface area contributed by atoms with Gasteiger partial charge in [-0.1, -0.05) is 22.0 Å². The fourth-order valence-corrected chi connectivity index (χ4v) is 3.68. The van der Waals surface area contributed by atoms with Crippen molar-refractivity contribution in [3.63, 3.8) is 0 Å². The van der Waals surface area contributed by atoms with Crippen LogP contribution in [0, 0.1) is 11.3 Å². The maximum atomic E-state index is 8.92. The monoisotopic (exact) mass is 287 g/mol. The normalized spacial score (nSPS) is 10.8. The van der Waals surface area contributed by atoms with E-state index in [4.69, 9.17) is 5.26 Å². The molecule has 3 rings (SSSR count). The molecular weight excluding hydrogens is 282 g/mol. The number of fused-ring (bicyclic) bond motifs is 3. The largest absolute Gasteiger partial charge is 0.192 e. The van der Waals surface area contributed by atoms with E-state index in [1.54, 1.807) is 11.3 Å². The Bertz CT molecular complexity index is 737. The summed E-state index contributed by atoms with van der Waals surface area (Å²) in [5, 5.41) is 11.3. The molecule has 3 heteroatoms. The van der Waals surface area contributed by atoms with E-state index >= 15 is 0 Å². The fraction of sp³-hybridized carbons (Fsp3) is 0. The Labute approximate surface area is 105 Å². The van der Waals surface area contributed by atoms with Crippen molar-refractivity contribution in [3.8, 4) is 6.07 Å². The zero-order valence-electron chi connectivity index (χ0n) is 8.20. The van der Waals surface area contributed by atoms with Crippen molar-refractivity contribution in [2.45, 2.75) is 0 Å². The van der Waals surface area contributed by atoms with Gasteiger partial charge in [0, 0.05) is 24.6 Å². The number of rotatable bonds is 0. The minimum Gasteiger partial charge on any atom is -0.192 e. The maximum absolute atomic E-state index is 8.92. The van der Waals surface area contributed by atoms with Crippen LogP contribution in [0.3, 0.4) is 0 Å². The van der Waals surface area contributed by atoms with Gasteiger partial charge >= 0.3 is 0 Å². The van der Waals surface area contributed by atoms with Crippen molar-refractivity contribution in [2.75, 3.05) is 0 Å². The molecule has 0 bridgehead atoms. The molecule has 0 unspecified atom stereocenters. The molecule has 3 aromatic rings. The second-order valence-corrected chi connectivity index (χ2v) is 5.48. The minimum atomic E-state index is 0.711. The lowest BCUT2D eigenvalue weighted by molar-refractivity contribution is 1.50. The van der Waals surface area contributed by atoms with E-state index in [1.807, 2.05) is 30.3 Å². The first-order valence-electron chi connectivity index (χ1n) is 4.80. The highest BCUT2D eigenvalue weighted by atomic mass is 79.9. The third-order valence-corrected chi connectivity index (χ3v) is 4.37. The summed E-state index contributed by atoms with van der Waals surface area (Å²) >= 11 is 5.32. The van der Waals surface area contributed by atoms with Crippen LogP contribution >= 0.6 is 27.3 Å². The number of benzene rings is 2. The van der Waals surface area contributed by atoms with Crippen molar-refractivity contribution in [3.05, 3.63) is 46.4 Å². The fourth-order valence-electron chi connectivity index (χ4n) is 1.85. The quantitative estimate of drug-likeness (QED) is 0.588. The predicted molar refractivity (Wildman–Crippen MR) is 71.7 cm³/mol.